The van der Waals surface area contributed by atoms with Gasteiger partial charge in [0.1, 0.15) is 19.2 Å². The molecule has 49 heavy (non-hydrogen) atoms. The highest BCUT2D eigenvalue weighted by atomic mass is 16.5. The van der Waals surface area contributed by atoms with Crippen LogP contribution < -0.4 is 26.6 Å². The summed E-state index contributed by atoms with van der Waals surface area (Å²) in [6.07, 6.45) is -0.632. The summed E-state index contributed by atoms with van der Waals surface area (Å²) in [5.74, 6) is -2.47. The number of rotatable bonds is 14. The van der Waals surface area contributed by atoms with E-state index in [1.165, 1.54) is 0 Å². The van der Waals surface area contributed by atoms with E-state index in [1.807, 2.05) is 54.6 Å². The Morgan fingerprint density at radius 2 is 1.22 bits per heavy atom. The van der Waals surface area contributed by atoms with Gasteiger partial charge in [-0.1, -0.05) is 91.0 Å². The van der Waals surface area contributed by atoms with Crippen LogP contribution in [-0.2, 0) is 36.9 Å². The number of carbonyl (C=O) groups is 5. The molecule has 0 aliphatic heterocycles. The molecule has 12 nitrogen and oxygen atoms in total. The molecule has 0 saturated carbocycles. The van der Waals surface area contributed by atoms with Crippen molar-refractivity contribution in [1.82, 2.24) is 21.3 Å². The van der Waals surface area contributed by atoms with Gasteiger partial charge >= 0.3 is 6.09 Å². The predicted molar refractivity (Wildman–Crippen MR) is 182 cm³/mol. The third kappa shape index (κ3) is 9.52. The monoisotopic (exact) mass is 663 g/mol. The van der Waals surface area contributed by atoms with Crippen LogP contribution in [0.1, 0.15) is 28.2 Å². The third-order valence-electron chi connectivity index (χ3n) is 7.96. The average Bonchev–Trinajstić information content (AvgIpc) is 3.45. The van der Waals surface area contributed by atoms with Crippen LogP contribution >= 0.6 is 0 Å². The molecular weight excluding hydrogens is 626 g/mol. The van der Waals surface area contributed by atoms with Crippen molar-refractivity contribution < 1.29 is 33.8 Å². The zero-order valence-electron chi connectivity index (χ0n) is 26.6. The Labute approximate surface area is 283 Å². The number of anilines is 1. The molecule has 0 aromatic heterocycles. The molecule has 1 atom stereocenters. The molecule has 0 fully saturated rings. The van der Waals surface area contributed by atoms with Gasteiger partial charge < -0.3 is 36.4 Å². The zero-order valence-corrected chi connectivity index (χ0v) is 26.6. The third-order valence-corrected chi connectivity index (χ3v) is 7.96. The number of hydrogen-bond donors (Lipinski definition) is 6. The molecule has 1 aliphatic carbocycles. The van der Waals surface area contributed by atoms with Crippen molar-refractivity contribution in [3.8, 4) is 11.1 Å². The van der Waals surface area contributed by atoms with Gasteiger partial charge in [0.05, 0.1) is 19.7 Å². The Morgan fingerprint density at radius 3 is 1.88 bits per heavy atom. The molecule has 0 unspecified atom stereocenters. The van der Waals surface area contributed by atoms with Crippen LogP contribution in [0, 0.1) is 0 Å². The van der Waals surface area contributed by atoms with E-state index >= 15 is 0 Å². The van der Waals surface area contributed by atoms with Crippen molar-refractivity contribution in [2.45, 2.75) is 25.0 Å². The standard InChI is InChI=1S/C37H37N5O7/c43-22-25-14-16-26(17-15-25)41-34(45)21-39-36(47)32(18-24-8-2-1-3-9-24)42-35(46)20-38-33(44)19-40-37(48)49-23-31-29-12-6-4-10-27(29)28-11-5-7-13-30(28)31/h1-17,31-32,43H,18-23H2,(H,38,44)(H,39,47)(H,40,48)(H,41,45)(H,42,46)/t32-/m0/s1. The van der Waals surface area contributed by atoms with E-state index in [2.05, 4.69) is 26.6 Å². The largest absolute Gasteiger partial charge is 0.449 e. The van der Waals surface area contributed by atoms with Crippen molar-refractivity contribution in [2.75, 3.05) is 31.6 Å². The topological polar surface area (TPSA) is 175 Å². The summed E-state index contributed by atoms with van der Waals surface area (Å²) < 4.78 is 5.44. The van der Waals surface area contributed by atoms with Gasteiger partial charge in [-0.05, 0) is 45.5 Å². The number of nitrogens with one attached hydrogen (secondary N) is 5. The quantitative estimate of drug-likeness (QED) is 0.120. The highest BCUT2D eigenvalue weighted by molar-refractivity contribution is 5.96. The molecule has 12 heteroatoms. The van der Waals surface area contributed by atoms with Crippen LogP contribution in [0.2, 0.25) is 0 Å². The lowest BCUT2D eigenvalue weighted by Crippen LogP contribution is -2.52. The van der Waals surface area contributed by atoms with Gasteiger partial charge in [-0.2, -0.15) is 0 Å². The van der Waals surface area contributed by atoms with Gasteiger partial charge in [-0.3, -0.25) is 19.2 Å². The average molecular weight is 664 g/mol. The molecule has 0 heterocycles. The van der Waals surface area contributed by atoms with E-state index in [1.54, 1.807) is 48.5 Å². The molecule has 4 aromatic carbocycles. The Hall–Kier alpha value is -6.01. The Bertz CT molecular complexity index is 1750. The maximum absolute atomic E-state index is 13.0. The summed E-state index contributed by atoms with van der Waals surface area (Å²) in [5, 5.41) is 21.8. The van der Waals surface area contributed by atoms with Crippen molar-refractivity contribution in [3.05, 3.63) is 125 Å². The molecule has 0 radical (unpaired) electrons. The molecule has 1 aliphatic rings. The molecule has 4 aromatic rings. The minimum Gasteiger partial charge on any atom is -0.449 e. The number of carbonyl (C=O) groups excluding carboxylic acids is 5. The van der Waals surface area contributed by atoms with Crippen molar-refractivity contribution in [3.63, 3.8) is 0 Å². The molecule has 0 bridgehead atoms. The van der Waals surface area contributed by atoms with E-state index in [-0.39, 0.29) is 32.1 Å². The highest BCUT2D eigenvalue weighted by Gasteiger charge is 2.29. The van der Waals surface area contributed by atoms with Crippen molar-refractivity contribution in [2.24, 2.45) is 0 Å². The first-order chi connectivity index (χ1) is 23.8. The lowest BCUT2D eigenvalue weighted by molar-refractivity contribution is -0.130. The maximum atomic E-state index is 13.0. The van der Waals surface area contributed by atoms with E-state index in [0.29, 0.717) is 11.3 Å². The van der Waals surface area contributed by atoms with Gasteiger partial charge in [0.15, 0.2) is 0 Å². The van der Waals surface area contributed by atoms with Crippen molar-refractivity contribution in [1.29, 1.82) is 0 Å². The van der Waals surface area contributed by atoms with Crippen LogP contribution in [0.3, 0.4) is 0 Å². The van der Waals surface area contributed by atoms with Crippen LogP contribution in [-0.4, -0.2) is 67.1 Å². The summed E-state index contributed by atoms with van der Waals surface area (Å²) in [4.78, 5) is 63.1. The second-order valence-electron chi connectivity index (χ2n) is 11.4. The summed E-state index contributed by atoms with van der Waals surface area (Å²) in [6, 6.07) is 30.4. The summed E-state index contributed by atoms with van der Waals surface area (Å²) >= 11 is 0. The molecule has 5 rings (SSSR count). The molecule has 252 valence electrons. The highest BCUT2D eigenvalue weighted by Crippen LogP contribution is 2.44. The smallest absolute Gasteiger partial charge is 0.407 e. The Morgan fingerprint density at radius 1 is 0.633 bits per heavy atom. The lowest BCUT2D eigenvalue weighted by atomic mass is 9.98. The number of hydrogen-bond acceptors (Lipinski definition) is 7. The summed E-state index contributed by atoms with van der Waals surface area (Å²) in [7, 11) is 0. The van der Waals surface area contributed by atoms with Gasteiger partial charge in [-0.25, -0.2) is 4.79 Å². The fourth-order valence-corrected chi connectivity index (χ4v) is 5.54. The predicted octanol–water partition coefficient (Wildman–Crippen LogP) is 2.62. The number of alkyl carbamates (subject to hydrolysis) is 1. The van der Waals surface area contributed by atoms with Crippen molar-refractivity contribution >= 4 is 35.4 Å². The van der Waals surface area contributed by atoms with Gasteiger partial charge in [0, 0.05) is 18.0 Å². The second-order valence-corrected chi connectivity index (χ2v) is 11.4. The van der Waals surface area contributed by atoms with Crippen LogP contribution in [0.25, 0.3) is 11.1 Å². The number of aliphatic hydroxyl groups is 1. The number of ether oxygens (including phenoxy) is 1. The fraction of sp³-hybridized carbons (Fsp3) is 0.216. The lowest BCUT2D eigenvalue weighted by Gasteiger charge is -2.19. The minimum absolute atomic E-state index is 0.0914. The molecule has 6 N–H and O–H groups in total. The fourth-order valence-electron chi connectivity index (χ4n) is 5.54. The first-order valence-corrected chi connectivity index (χ1v) is 15.8. The summed E-state index contributed by atoms with van der Waals surface area (Å²) in [5.41, 5.74) is 6.28. The number of amides is 5. The number of benzene rings is 4. The number of aliphatic hydroxyl groups excluding tert-OH is 1. The Kier molecular flexibility index (Phi) is 11.7. The van der Waals surface area contributed by atoms with E-state index in [0.717, 1.165) is 27.8 Å². The van der Waals surface area contributed by atoms with Crippen LogP contribution in [0.5, 0.6) is 0 Å². The summed E-state index contributed by atoms with van der Waals surface area (Å²) in [6.45, 7) is -1.25. The van der Waals surface area contributed by atoms with Crippen LogP contribution in [0.15, 0.2) is 103 Å². The van der Waals surface area contributed by atoms with Gasteiger partial charge in [0.2, 0.25) is 23.6 Å². The SMILES string of the molecule is O=C(CNC(=O)OCC1c2ccccc2-c2ccccc21)NCC(=O)N[C@@H](Cc1ccccc1)C(=O)NCC(=O)Nc1ccc(CO)cc1. The minimum atomic E-state index is -1.04. The van der Waals surface area contributed by atoms with Gasteiger partial charge in [-0.15, -0.1) is 0 Å². The normalized spacial score (nSPS) is 12.1. The number of fused-ring (bicyclic) bond motifs is 3. The molecular formula is C37H37N5O7. The van der Waals surface area contributed by atoms with Crippen LogP contribution in [0.4, 0.5) is 10.5 Å². The molecule has 5 amide bonds. The maximum Gasteiger partial charge on any atom is 0.407 e. The van der Waals surface area contributed by atoms with E-state index < -0.39 is 48.9 Å². The zero-order chi connectivity index (χ0) is 34.6. The first kappa shape index (κ1) is 34.3. The van der Waals surface area contributed by atoms with E-state index in [9.17, 15) is 29.1 Å². The first-order valence-electron chi connectivity index (χ1n) is 15.8. The Balaban J connectivity index is 1.06. The van der Waals surface area contributed by atoms with Gasteiger partial charge in [0.25, 0.3) is 0 Å². The molecule has 0 spiro atoms. The second kappa shape index (κ2) is 16.7. The van der Waals surface area contributed by atoms with E-state index in [4.69, 9.17) is 4.74 Å². The molecule has 0 saturated heterocycles.